The van der Waals surface area contributed by atoms with E-state index < -0.39 is 0 Å². The van der Waals surface area contributed by atoms with Crippen molar-refractivity contribution in [3.8, 4) is 0 Å². The first kappa shape index (κ1) is 16.9. The van der Waals surface area contributed by atoms with Crippen molar-refractivity contribution in [1.29, 1.82) is 0 Å². The third kappa shape index (κ3) is 4.06. The standard InChI is InChI=1S/C15H20Br2N2O2/c1-9-5-11(16)15(12(17)6-9)18-14(21)7-19-4-3-10(2)13(19)8-20/h5-6,10,13,20H,3-4,7-8H2,1-2H3,(H,18,21). The largest absolute Gasteiger partial charge is 0.395 e. The number of anilines is 1. The normalized spacial score (nSPS) is 22.5. The number of carbonyl (C=O) groups is 1. The van der Waals surface area contributed by atoms with Crippen molar-refractivity contribution in [3.63, 3.8) is 0 Å². The van der Waals surface area contributed by atoms with Crippen LogP contribution in [-0.2, 0) is 4.79 Å². The highest BCUT2D eigenvalue weighted by Crippen LogP contribution is 2.32. The van der Waals surface area contributed by atoms with Gasteiger partial charge in [0.2, 0.25) is 5.91 Å². The molecule has 1 aliphatic rings. The Morgan fingerprint density at radius 1 is 1.43 bits per heavy atom. The molecule has 0 radical (unpaired) electrons. The van der Waals surface area contributed by atoms with E-state index in [1.807, 2.05) is 19.1 Å². The average molecular weight is 420 g/mol. The van der Waals surface area contributed by atoms with Crippen LogP contribution in [0.5, 0.6) is 0 Å². The number of rotatable bonds is 4. The molecule has 1 fully saturated rings. The number of benzene rings is 1. The molecule has 1 amide bonds. The zero-order valence-corrected chi connectivity index (χ0v) is 15.4. The molecule has 2 unspecified atom stereocenters. The highest BCUT2D eigenvalue weighted by atomic mass is 79.9. The molecule has 2 atom stereocenters. The van der Waals surface area contributed by atoms with Crippen LogP contribution in [0.4, 0.5) is 5.69 Å². The van der Waals surface area contributed by atoms with Gasteiger partial charge >= 0.3 is 0 Å². The Labute approximate surface area is 142 Å². The van der Waals surface area contributed by atoms with E-state index in [1.165, 1.54) is 0 Å². The summed E-state index contributed by atoms with van der Waals surface area (Å²) in [4.78, 5) is 14.3. The molecule has 116 valence electrons. The van der Waals surface area contributed by atoms with E-state index in [9.17, 15) is 9.90 Å². The predicted molar refractivity (Wildman–Crippen MR) is 91.4 cm³/mol. The molecular weight excluding hydrogens is 400 g/mol. The van der Waals surface area contributed by atoms with Gasteiger partial charge in [-0.05, 0) is 75.4 Å². The van der Waals surface area contributed by atoms with Crippen LogP contribution in [0, 0.1) is 12.8 Å². The lowest BCUT2D eigenvalue weighted by atomic mass is 10.0. The Hall–Kier alpha value is -0.430. The van der Waals surface area contributed by atoms with Crippen LogP contribution < -0.4 is 5.32 Å². The highest BCUT2D eigenvalue weighted by Gasteiger charge is 2.31. The monoisotopic (exact) mass is 418 g/mol. The van der Waals surface area contributed by atoms with Gasteiger partial charge in [-0.3, -0.25) is 9.69 Å². The Morgan fingerprint density at radius 3 is 2.62 bits per heavy atom. The maximum absolute atomic E-state index is 12.2. The van der Waals surface area contributed by atoms with Gasteiger partial charge in [-0.1, -0.05) is 6.92 Å². The van der Waals surface area contributed by atoms with Crippen molar-refractivity contribution >= 4 is 43.5 Å². The van der Waals surface area contributed by atoms with Crippen molar-refractivity contribution in [1.82, 2.24) is 4.90 Å². The molecule has 4 nitrogen and oxygen atoms in total. The van der Waals surface area contributed by atoms with E-state index in [1.54, 1.807) is 0 Å². The molecule has 6 heteroatoms. The number of hydrogen-bond donors (Lipinski definition) is 2. The number of halogens is 2. The van der Waals surface area contributed by atoms with Gasteiger partial charge in [0, 0.05) is 15.0 Å². The van der Waals surface area contributed by atoms with Crippen molar-refractivity contribution < 1.29 is 9.90 Å². The topological polar surface area (TPSA) is 52.6 Å². The average Bonchev–Trinajstić information content (AvgIpc) is 2.74. The van der Waals surface area contributed by atoms with Gasteiger partial charge in [-0.25, -0.2) is 0 Å². The first-order valence-electron chi connectivity index (χ1n) is 7.02. The van der Waals surface area contributed by atoms with E-state index in [0.717, 1.165) is 33.2 Å². The molecule has 0 saturated carbocycles. The first-order valence-corrected chi connectivity index (χ1v) is 8.61. The van der Waals surface area contributed by atoms with Crippen molar-refractivity contribution in [3.05, 3.63) is 26.6 Å². The van der Waals surface area contributed by atoms with Crippen LogP contribution in [0.25, 0.3) is 0 Å². The van der Waals surface area contributed by atoms with Crippen LogP contribution in [0.2, 0.25) is 0 Å². The number of carbonyl (C=O) groups excluding carboxylic acids is 1. The summed E-state index contributed by atoms with van der Waals surface area (Å²) in [5.41, 5.74) is 1.86. The molecule has 1 saturated heterocycles. The number of nitrogens with one attached hydrogen (secondary N) is 1. The summed E-state index contributed by atoms with van der Waals surface area (Å²) < 4.78 is 1.72. The first-order chi connectivity index (χ1) is 9.92. The fourth-order valence-electron chi connectivity index (χ4n) is 2.76. The molecule has 1 aliphatic heterocycles. The molecule has 1 aromatic rings. The Kier molecular flexibility index (Phi) is 5.82. The van der Waals surface area contributed by atoms with E-state index in [2.05, 4.69) is 49.0 Å². The summed E-state index contributed by atoms with van der Waals surface area (Å²) in [6.45, 7) is 5.38. The van der Waals surface area contributed by atoms with E-state index in [0.29, 0.717) is 12.5 Å². The van der Waals surface area contributed by atoms with Gasteiger partial charge in [-0.2, -0.15) is 0 Å². The second kappa shape index (κ2) is 7.22. The predicted octanol–water partition coefficient (Wildman–Crippen LogP) is 3.16. The van der Waals surface area contributed by atoms with Gasteiger partial charge in [0.1, 0.15) is 0 Å². The Bertz CT molecular complexity index is 513. The summed E-state index contributed by atoms with van der Waals surface area (Å²) in [5.74, 6) is 0.369. The third-order valence-corrected chi connectivity index (χ3v) is 5.23. The minimum atomic E-state index is -0.0622. The van der Waals surface area contributed by atoms with Crippen LogP contribution >= 0.6 is 31.9 Å². The molecule has 0 aliphatic carbocycles. The van der Waals surface area contributed by atoms with Crippen molar-refractivity contribution in [2.24, 2.45) is 5.92 Å². The number of amides is 1. The smallest absolute Gasteiger partial charge is 0.238 e. The number of hydrogen-bond acceptors (Lipinski definition) is 3. The van der Waals surface area contributed by atoms with Gasteiger partial charge in [0.05, 0.1) is 18.8 Å². The minimum Gasteiger partial charge on any atom is -0.395 e. The lowest BCUT2D eigenvalue weighted by Crippen LogP contribution is -2.40. The van der Waals surface area contributed by atoms with Gasteiger partial charge < -0.3 is 10.4 Å². The fourth-order valence-corrected chi connectivity index (χ4v) is 4.38. The molecule has 1 heterocycles. The second-order valence-electron chi connectivity index (χ2n) is 5.64. The Balaban J connectivity index is 2.03. The molecule has 2 rings (SSSR count). The van der Waals surface area contributed by atoms with Crippen LogP contribution in [0.1, 0.15) is 18.9 Å². The van der Waals surface area contributed by atoms with Gasteiger partial charge in [0.25, 0.3) is 0 Å². The van der Waals surface area contributed by atoms with Crippen LogP contribution in [-0.4, -0.2) is 41.7 Å². The SMILES string of the molecule is Cc1cc(Br)c(NC(=O)CN2CCC(C)C2CO)c(Br)c1. The molecule has 2 N–H and O–H groups in total. The van der Waals surface area contributed by atoms with Crippen LogP contribution in [0.15, 0.2) is 21.1 Å². The van der Waals surface area contributed by atoms with Gasteiger partial charge in [0.15, 0.2) is 0 Å². The lowest BCUT2D eigenvalue weighted by molar-refractivity contribution is -0.117. The molecule has 0 bridgehead atoms. The van der Waals surface area contributed by atoms with E-state index in [4.69, 9.17) is 0 Å². The maximum Gasteiger partial charge on any atom is 0.238 e. The molecule has 0 aromatic heterocycles. The number of aliphatic hydroxyl groups is 1. The van der Waals surface area contributed by atoms with Crippen molar-refractivity contribution in [2.45, 2.75) is 26.3 Å². The zero-order valence-electron chi connectivity index (χ0n) is 12.2. The number of aryl methyl sites for hydroxylation is 1. The molecule has 21 heavy (non-hydrogen) atoms. The maximum atomic E-state index is 12.2. The number of likely N-dealkylation sites (tertiary alicyclic amines) is 1. The minimum absolute atomic E-state index is 0.0622. The van der Waals surface area contributed by atoms with Crippen LogP contribution in [0.3, 0.4) is 0 Å². The third-order valence-electron chi connectivity index (χ3n) is 3.98. The summed E-state index contributed by atoms with van der Waals surface area (Å²) in [5, 5.41) is 12.4. The molecule has 0 spiro atoms. The quantitative estimate of drug-likeness (QED) is 0.787. The zero-order chi connectivity index (χ0) is 15.6. The van der Waals surface area contributed by atoms with E-state index in [-0.39, 0.29) is 18.6 Å². The summed E-state index contributed by atoms with van der Waals surface area (Å²) in [7, 11) is 0. The number of aliphatic hydroxyl groups excluding tert-OH is 1. The summed E-state index contributed by atoms with van der Waals surface area (Å²) >= 11 is 6.95. The van der Waals surface area contributed by atoms with Crippen molar-refractivity contribution in [2.75, 3.05) is 25.0 Å². The molecular formula is C15H20Br2N2O2. The highest BCUT2D eigenvalue weighted by molar-refractivity contribution is 9.11. The second-order valence-corrected chi connectivity index (χ2v) is 7.35. The fraction of sp³-hybridized carbons (Fsp3) is 0.533. The van der Waals surface area contributed by atoms with Gasteiger partial charge in [-0.15, -0.1) is 0 Å². The summed E-state index contributed by atoms with van der Waals surface area (Å²) in [6, 6.07) is 4.02. The Morgan fingerprint density at radius 2 is 2.05 bits per heavy atom. The summed E-state index contributed by atoms with van der Waals surface area (Å²) in [6.07, 6.45) is 1.02. The van der Waals surface area contributed by atoms with E-state index >= 15 is 0 Å². The lowest BCUT2D eigenvalue weighted by Gasteiger charge is -2.24. The molecule has 1 aromatic carbocycles. The number of nitrogens with zero attached hydrogens (tertiary/aromatic N) is 1.